The van der Waals surface area contributed by atoms with Crippen LogP contribution in [0.2, 0.25) is 0 Å². The highest BCUT2D eigenvalue weighted by Gasteiger charge is 2.01. The van der Waals surface area contributed by atoms with Gasteiger partial charge in [0.25, 0.3) is 0 Å². The van der Waals surface area contributed by atoms with Gasteiger partial charge in [0.15, 0.2) is 0 Å². The van der Waals surface area contributed by atoms with Gasteiger partial charge in [0.1, 0.15) is 12.2 Å². The molecule has 0 unspecified atom stereocenters. The summed E-state index contributed by atoms with van der Waals surface area (Å²) in [5, 5.41) is 10.1. The van der Waals surface area contributed by atoms with Crippen LogP contribution in [-0.2, 0) is 13.0 Å². The van der Waals surface area contributed by atoms with E-state index < -0.39 is 0 Å². The number of aromatic nitrogens is 3. The summed E-state index contributed by atoms with van der Waals surface area (Å²) in [5.41, 5.74) is 4.08. The summed E-state index contributed by atoms with van der Waals surface area (Å²) in [6.07, 6.45) is 2.42. The average Bonchev–Trinajstić information content (AvgIpc) is 2.80. The molecule has 0 atom stereocenters. The lowest BCUT2D eigenvalue weighted by Gasteiger charge is -2.10. The minimum Gasteiger partial charge on any atom is -0.312 e. The van der Waals surface area contributed by atoms with E-state index >= 15 is 0 Å². The van der Waals surface area contributed by atoms with Crippen LogP contribution in [0.3, 0.4) is 0 Å². The van der Waals surface area contributed by atoms with E-state index in [1.807, 2.05) is 0 Å². The Morgan fingerprint density at radius 2 is 2.00 bits per heavy atom. The van der Waals surface area contributed by atoms with Crippen molar-refractivity contribution in [3.05, 3.63) is 47.0 Å². The highest BCUT2D eigenvalue weighted by atomic mass is 15.2. The Balaban J connectivity index is 1.82. The zero-order valence-corrected chi connectivity index (χ0v) is 10.3. The van der Waals surface area contributed by atoms with Crippen molar-refractivity contribution < 1.29 is 0 Å². The molecule has 1 aromatic heterocycles. The van der Waals surface area contributed by atoms with Crippen LogP contribution in [0.15, 0.2) is 24.5 Å². The van der Waals surface area contributed by atoms with E-state index in [2.05, 4.69) is 52.5 Å². The molecule has 0 bridgehead atoms. The van der Waals surface area contributed by atoms with Gasteiger partial charge >= 0.3 is 0 Å². The summed E-state index contributed by atoms with van der Waals surface area (Å²) >= 11 is 0. The number of aromatic amines is 1. The number of hydrogen-bond acceptors (Lipinski definition) is 3. The summed E-state index contributed by atoms with van der Waals surface area (Å²) in [6, 6.07) is 6.41. The highest BCUT2D eigenvalue weighted by molar-refractivity contribution is 5.33. The molecule has 0 spiro atoms. The summed E-state index contributed by atoms with van der Waals surface area (Å²) in [5.74, 6) is 0.930. The predicted molar refractivity (Wildman–Crippen MR) is 67.7 cm³/mol. The van der Waals surface area contributed by atoms with Crippen LogP contribution in [0.5, 0.6) is 0 Å². The second-order valence-electron chi connectivity index (χ2n) is 4.23. The van der Waals surface area contributed by atoms with E-state index in [1.165, 1.54) is 16.7 Å². The molecule has 4 heteroatoms. The van der Waals surface area contributed by atoms with Crippen molar-refractivity contribution in [3.8, 4) is 0 Å². The summed E-state index contributed by atoms with van der Waals surface area (Å²) < 4.78 is 0. The number of nitrogens with one attached hydrogen (secondary N) is 2. The van der Waals surface area contributed by atoms with Crippen molar-refractivity contribution in [3.63, 3.8) is 0 Å². The molecule has 0 radical (unpaired) electrons. The minimum absolute atomic E-state index is 0.880. The maximum atomic E-state index is 4.09. The third kappa shape index (κ3) is 3.14. The molecule has 0 aliphatic rings. The SMILES string of the molecule is Cc1cccc(C)c1CNCCc1ncn[nH]1. The maximum Gasteiger partial charge on any atom is 0.137 e. The first-order chi connectivity index (χ1) is 8.27. The van der Waals surface area contributed by atoms with Crippen molar-refractivity contribution >= 4 is 0 Å². The predicted octanol–water partition coefficient (Wildman–Crippen LogP) is 1.75. The molecule has 2 rings (SSSR count). The van der Waals surface area contributed by atoms with Gasteiger partial charge in [-0.15, -0.1) is 0 Å². The summed E-state index contributed by atoms with van der Waals surface area (Å²) in [7, 11) is 0. The molecule has 0 aliphatic carbocycles. The quantitative estimate of drug-likeness (QED) is 0.769. The van der Waals surface area contributed by atoms with Crippen LogP contribution in [-0.4, -0.2) is 21.7 Å². The van der Waals surface area contributed by atoms with E-state index in [9.17, 15) is 0 Å². The lowest BCUT2D eigenvalue weighted by atomic mass is 10.0. The first kappa shape index (κ1) is 11.8. The Bertz CT molecular complexity index is 442. The Labute approximate surface area is 101 Å². The fourth-order valence-electron chi connectivity index (χ4n) is 1.90. The molecular weight excluding hydrogens is 212 g/mol. The van der Waals surface area contributed by atoms with Gasteiger partial charge < -0.3 is 5.32 Å². The van der Waals surface area contributed by atoms with Crippen LogP contribution in [0, 0.1) is 13.8 Å². The third-order valence-corrected chi connectivity index (χ3v) is 2.95. The van der Waals surface area contributed by atoms with Crippen molar-refractivity contribution in [1.29, 1.82) is 0 Å². The second kappa shape index (κ2) is 5.59. The van der Waals surface area contributed by atoms with Crippen molar-refractivity contribution in [2.24, 2.45) is 0 Å². The molecule has 2 N–H and O–H groups in total. The van der Waals surface area contributed by atoms with Crippen LogP contribution < -0.4 is 5.32 Å². The van der Waals surface area contributed by atoms with Crippen LogP contribution in [0.1, 0.15) is 22.5 Å². The molecule has 0 amide bonds. The molecule has 1 aromatic carbocycles. The zero-order chi connectivity index (χ0) is 12.1. The lowest BCUT2D eigenvalue weighted by Crippen LogP contribution is -2.18. The smallest absolute Gasteiger partial charge is 0.137 e. The topological polar surface area (TPSA) is 53.6 Å². The van der Waals surface area contributed by atoms with E-state index in [0.29, 0.717) is 0 Å². The number of rotatable bonds is 5. The van der Waals surface area contributed by atoms with Crippen LogP contribution in [0.4, 0.5) is 0 Å². The van der Waals surface area contributed by atoms with Crippen molar-refractivity contribution in [1.82, 2.24) is 20.5 Å². The minimum atomic E-state index is 0.880. The Kier molecular flexibility index (Phi) is 3.88. The number of nitrogens with zero attached hydrogens (tertiary/aromatic N) is 2. The van der Waals surface area contributed by atoms with Gasteiger partial charge in [-0.2, -0.15) is 5.10 Å². The monoisotopic (exact) mass is 230 g/mol. The van der Waals surface area contributed by atoms with Crippen molar-refractivity contribution in [2.45, 2.75) is 26.8 Å². The van der Waals surface area contributed by atoms with E-state index in [1.54, 1.807) is 6.33 Å². The van der Waals surface area contributed by atoms with E-state index in [-0.39, 0.29) is 0 Å². The molecule has 17 heavy (non-hydrogen) atoms. The van der Waals surface area contributed by atoms with Gasteiger partial charge in [-0.05, 0) is 30.5 Å². The number of H-pyrrole nitrogens is 1. The molecule has 0 fully saturated rings. The summed E-state index contributed by atoms with van der Waals surface area (Å²) in [4.78, 5) is 4.09. The lowest BCUT2D eigenvalue weighted by molar-refractivity contribution is 0.667. The van der Waals surface area contributed by atoms with Gasteiger partial charge in [-0.3, -0.25) is 5.10 Å². The van der Waals surface area contributed by atoms with Gasteiger partial charge in [0, 0.05) is 19.5 Å². The molecule has 2 aromatic rings. The van der Waals surface area contributed by atoms with Gasteiger partial charge in [-0.1, -0.05) is 18.2 Å². The Morgan fingerprint density at radius 3 is 2.65 bits per heavy atom. The molecule has 90 valence electrons. The first-order valence-electron chi connectivity index (χ1n) is 5.87. The number of hydrogen-bond donors (Lipinski definition) is 2. The van der Waals surface area contributed by atoms with Crippen LogP contribution >= 0.6 is 0 Å². The van der Waals surface area contributed by atoms with Crippen molar-refractivity contribution in [2.75, 3.05) is 6.54 Å². The summed E-state index contributed by atoms with van der Waals surface area (Å²) in [6.45, 7) is 6.12. The fraction of sp³-hybridized carbons (Fsp3) is 0.385. The molecule has 0 aliphatic heterocycles. The molecular formula is C13H18N4. The number of benzene rings is 1. The molecule has 0 saturated carbocycles. The standard InChI is InChI=1S/C13H18N4/c1-10-4-3-5-11(2)12(10)8-14-7-6-13-15-9-16-17-13/h3-5,9,14H,6-8H2,1-2H3,(H,15,16,17). The Morgan fingerprint density at radius 1 is 1.24 bits per heavy atom. The molecule has 4 nitrogen and oxygen atoms in total. The fourth-order valence-corrected chi connectivity index (χ4v) is 1.90. The average molecular weight is 230 g/mol. The second-order valence-corrected chi connectivity index (χ2v) is 4.23. The number of aryl methyl sites for hydroxylation is 2. The third-order valence-electron chi connectivity index (χ3n) is 2.95. The van der Waals surface area contributed by atoms with E-state index in [0.717, 1.165) is 25.3 Å². The van der Waals surface area contributed by atoms with E-state index in [4.69, 9.17) is 0 Å². The highest BCUT2D eigenvalue weighted by Crippen LogP contribution is 2.12. The maximum absolute atomic E-state index is 4.09. The zero-order valence-electron chi connectivity index (χ0n) is 10.3. The van der Waals surface area contributed by atoms with Gasteiger partial charge in [0.2, 0.25) is 0 Å². The first-order valence-corrected chi connectivity index (χ1v) is 5.87. The normalized spacial score (nSPS) is 10.7. The Hall–Kier alpha value is -1.68. The van der Waals surface area contributed by atoms with Gasteiger partial charge in [0.05, 0.1) is 0 Å². The molecule has 1 heterocycles. The van der Waals surface area contributed by atoms with Crippen LogP contribution in [0.25, 0.3) is 0 Å². The largest absolute Gasteiger partial charge is 0.312 e. The molecule has 0 saturated heterocycles. The van der Waals surface area contributed by atoms with Gasteiger partial charge in [-0.25, -0.2) is 4.98 Å².